The van der Waals surface area contributed by atoms with E-state index >= 15 is 0 Å². The molecule has 0 amide bonds. The van der Waals surface area contributed by atoms with E-state index in [1.165, 1.54) is 0 Å². The number of rotatable bonds is 4. The minimum Gasteiger partial charge on any atom is -1.00 e. The van der Waals surface area contributed by atoms with Crippen LogP contribution in [0.2, 0.25) is 0 Å². The van der Waals surface area contributed by atoms with E-state index in [1.807, 2.05) is 24.3 Å². The second-order valence-corrected chi connectivity index (χ2v) is 12.0. The molecule has 4 aromatic heterocycles. The fourth-order valence-corrected chi connectivity index (χ4v) is 6.84. The molecule has 50 heavy (non-hydrogen) atoms. The van der Waals surface area contributed by atoms with E-state index in [4.69, 9.17) is 9.97 Å². The molecule has 6 heteroatoms. The maximum Gasteiger partial charge on any atom is 3.00 e. The van der Waals surface area contributed by atoms with Gasteiger partial charge in [0.2, 0.25) is 0 Å². The smallest absolute Gasteiger partial charge is 1.00 e. The average molecular weight is 706 g/mol. The third-order valence-corrected chi connectivity index (χ3v) is 9.00. The van der Waals surface area contributed by atoms with Crippen molar-refractivity contribution < 1.29 is 29.5 Å². The normalized spacial score (nSPS) is 12.3. The van der Waals surface area contributed by atoms with Gasteiger partial charge in [-0.05, 0) is 68.8 Å². The summed E-state index contributed by atoms with van der Waals surface area (Å²) in [5, 5.41) is 3.62. The summed E-state index contributed by atoms with van der Waals surface area (Å²) >= 11 is 0. The number of hydrogen-bond acceptors (Lipinski definition) is 0. The van der Waals surface area contributed by atoms with Crippen molar-refractivity contribution in [3.05, 3.63) is 236 Å². The largest absolute Gasteiger partial charge is 3.00 e. The Morgan fingerprint density at radius 1 is 0.280 bits per heavy atom. The van der Waals surface area contributed by atoms with Crippen molar-refractivity contribution in [2.75, 3.05) is 0 Å². The summed E-state index contributed by atoms with van der Waals surface area (Å²) in [5.41, 5.74) is 12.5. The van der Waals surface area contributed by atoms with Crippen molar-refractivity contribution in [2.45, 2.75) is 0 Å². The van der Waals surface area contributed by atoms with Crippen LogP contribution in [0.5, 0.6) is 0 Å². The van der Waals surface area contributed by atoms with E-state index < -0.39 is 0 Å². The third kappa shape index (κ3) is 5.93. The Labute approximate surface area is 306 Å². The average Bonchev–Trinajstić information content (AvgIpc) is 3.98. The van der Waals surface area contributed by atoms with Gasteiger partial charge in [0, 0.05) is 22.8 Å². The van der Waals surface area contributed by atoms with Gasteiger partial charge in [-0.1, -0.05) is 146 Å². The van der Waals surface area contributed by atoms with Crippen molar-refractivity contribution in [3.63, 3.8) is 0 Å². The number of H-pyrrole nitrogens is 2. The first kappa shape index (κ1) is 32.8. The topological polar surface area (TPSA) is 59.8 Å². The zero-order valence-electron chi connectivity index (χ0n) is 26.8. The molecular formula is C44H30ClFeN4. The first-order valence-corrected chi connectivity index (χ1v) is 16.2. The summed E-state index contributed by atoms with van der Waals surface area (Å²) in [4.78, 5) is 18.3. The summed E-state index contributed by atoms with van der Waals surface area (Å²) in [7, 11) is 0. The summed E-state index contributed by atoms with van der Waals surface area (Å²) in [6, 6.07) is 59.2. The minimum atomic E-state index is 0. The Morgan fingerprint density at radius 2 is 0.500 bits per heavy atom. The number of benzene rings is 4. The van der Waals surface area contributed by atoms with Crippen LogP contribution in [0.3, 0.4) is 0 Å². The van der Waals surface area contributed by atoms with Crippen LogP contribution in [0.4, 0.5) is 0 Å². The second-order valence-electron chi connectivity index (χ2n) is 12.0. The van der Waals surface area contributed by atoms with Crippen LogP contribution in [0, 0.1) is 0 Å². The summed E-state index contributed by atoms with van der Waals surface area (Å²) in [6.45, 7) is 0. The van der Waals surface area contributed by atoms with Crippen LogP contribution in [0.15, 0.2) is 170 Å². The molecule has 241 valence electrons. The molecule has 2 N–H and O–H groups in total. The molecule has 0 aliphatic carbocycles. The first-order chi connectivity index (χ1) is 23.8. The van der Waals surface area contributed by atoms with Gasteiger partial charge in [0.25, 0.3) is 0 Å². The monoisotopic (exact) mass is 705 g/mol. The molecule has 0 spiro atoms. The van der Waals surface area contributed by atoms with E-state index in [0.29, 0.717) is 0 Å². The van der Waals surface area contributed by atoms with Gasteiger partial charge in [0.1, 0.15) is 0 Å². The zero-order chi connectivity index (χ0) is 31.9. The first-order valence-electron chi connectivity index (χ1n) is 16.2. The van der Waals surface area contributed by atoms with Crippen molar-refractivity contribution in [2.24, 2.45) is 0 Å². The van der Waals surface area contributed by atoms with E-state index in [-0.39, 0.29) is 29.5 Å². The summed E-state index contributed by atoms with van der Waals surface area (Å²) < 4.78 is 0. The van der Waals surface area contributed by atoms with Crippen molar-refractivity contribution in [1.82, 2.24) is 19.9 Å². The number of aromatic amines is 2. The Hall–Kier alpha value is -5.71. The van der Waals surface area contributed by atoms with E-state index in [9.17, 15) is 0 Å². The maximum absolute atomic E-state index is 5.35. The molecule has 0 unspecified atom stereocenters. The van der Waals surface area contributed by atoms with Gasteiger partial charge in [-0.25, -0.2) is 0 Å². The molecule has 1 radical (unpaired) electrons. The van der Waals surface area contributed by atoms with Crippen molar-refractivity contribution >= 4 is 22.3 Å². The number of nitrogens with one attached hydrogen (secondary N) is 2. The standard InChI is InChI=1S/C44H30N4.ClH.Fe/c1-5-13-29(14-6-1)41-33-21-23-35(45-33)42(30-15-7-2-8-16-30)37-25-27-39(47-37)44(32-19-11-4-12-20-32)40-28-26-38(48-40)43(31-17-9-3-10-18-31)36-24-22-34(41)46-36;;/h1-28,45,48H;1H;/q-2;;+3/p-1. The molecule has 4 nitrogen and oxygen atoms in total. The Kier molecular flexibility index (Phi) is 9.21. The predicted molar refractivity (Wildman–Crippen MR) is 192 cm³/mol. The number of halogens is 1. The maximum atomic E-state index is 5.35. The van der Waals surface area contributed by atoms with Crippen molar-refractivity contribution in [3.8, 4) is 0 Å². The van der Waals surface area contributed by atoms with Gasteiger partial charge in [-0.3, -0.25) is 0 Å². The number of hydrogen-bond donors (Lipinski definition) is 2. The Bertz CT molecular complexity index is 2280. The van der Waals surface area contributed by atoms with Crippen LogP contribution in [-0.4, -0.2) is 9.97 Å². The fraction of sp³-hybridized carbons (Fsp3) is 0. The molecule has 8 aromatic rings. The molecule has 8 bridgehead atoms. The van der Waals surface area contributed by atoms with Crippen LogP contribution < -0.4 is 43.8 Å². The van der Waals surface area contributed by atoms with Gasteiger partial charge in [0.05, 0.1) is 0 Å². The summed E-state index contributed by atoms with van der Waals surface area (Å²) in [6.07, 6.45) is 0. The second kappa shape index (κ2) is 14.0. The van der Waals surface area contributed by atoms with Crippen LogP contribution >= 0.6 is 0 Å². The molecule has 0 saturated heterocycles. The fourth-order valence-electron chi connectivity index (χ4n) is 6.84. The molecule has 0 fully saturated rings. The van der Waals surface area contributed by atoms with Crippen LogP contribution in [0.1, 0.15) is 45.0 Å². The molecule has 9 rings (SSSR count). The van der Waals surface area contributed by atoms with Crippen LogP contribution in [-0.2, 0) is 17.1 Å². The van der Waals surface area contributed by atoms with E-state index in [0.717, 1.165) is 88.7 Å². The van der Waals surface area contributed by atoms with Gasteiger partial charge in [0.15, 0.2) is 0 Å². The molecule has 4 aromatic carbocycles. The molecular weight excluding hydrogens is 676 g/mol. The summed E-state index contributed by atoms with van der Waals surface area (Å²) in [5.74, 6) is 0. The SMILES string of the molecule is [Cl-].[Fe+3].c1ccc(C2=c3ccc([n-]3)=C(c3ccccc3)c3ccc([nH]3)C(c3ccccc3)=c3ccc([n-]3)=C(c3ccccc3)c3ccc2[nH]3)cc1. The minimum absolute atomic E-state index is 0. The molecule has 0 atom stereocenters. The van der Waals surface area contributed by atoms with Gasteiger partial charge >= 0.3 is 17.1 Å². The Balaban J connectivity index is 0.00000196. The van der Waals surface area contributed by atoms with Crippen molar-refractivity contribution in [1.29, 1.82) is 0 Å². The third-order valence-electron chi connectivity index (χ3n) is 9.00. The number of aromatic nitrogens is 4. The van der Waals surface area contributed by atoms with E-state index in [2.05, 4.69) is 156 Å². The molecule has 5 heterocycles. The molecule has 1 aliphatic heterocycles. The molecule has 0 saturated carbocycles. The quantitative estimate of drug-likeness (QED) is 0.277. The van der Waals surface area contributed by atoms with E-state index in [1.54, 1.807) is 0 Å². The zero-order valence-corrected chi connectivity index (χ0v) is 28.7. The Morgan fingerprint density at radius 3 is 0.720 bits per heavy atom. The van der Waals surface area contributed by atoms with Gasteiger partial charge in [-0.2, -0.15) is 0 Å². The predicted octanol–water partition coefficient (Wildman–Crippen LogP) is 2.56. The van der Waals surface area contributed by atoms with Crippen LogP contribution in [0.25, 0.3) is 22.3 Å². The van der Waals surface area contributed by atoms with Gasteiger partial charge in [-0.15, -0.1) is 21.4 Å². The molecule has 1 aliphatic rings. The van der Waals surface area contributed by atoms with Gasteiger partial charge < -0.3 is 32.3 Å². The number of fused-ring (bicyclic) bond motifs is 8. The number of nitrogens with zero attached hydrogens (tertiary/aromatic N) is 2.